The molecule has 1 fully saturated rings. The van der Waals surface area contributed by atoms with E-state index >= 15 is 0 Å². The van der Waals surface area contributed by atoms with Crippen molar-refractivity contribution in [2.24, 2.45) is 5.92 Å². The Balaban J connectivity index is 2.85. The molecular weight excluding hydrogens is 326 g/mol. The number of rotatable bonds is 4. The van der Waals surface area contributed by atoms with Crippen LogP contribution in [-0.2, 0) is 9.84 Å². The molecule has 2 unspecified atom stereocenters. The molecule has 0 heterocycles. The molecule has 1 aliphatic rings. The van der Waals surface area contributed by atoms with Gasteiger partial charge in [-0.05, 0) is 41.4 Å². The van der Waals surface area contributed by atoms with Gasteiger partial charge in [0.1, 0.15) is 0 Å². The number of alkyl halides is 2. The molecule has 0 aliphatic heterocycles. The summed E-state index contributed by atoms with van der Waals surface area (Å²) in [6.07, 6.45) is 0.801. The van der Waals surface area contributed by atoms with Gasteiger partial charge in [0.2, 0.25) is 2.21 Å². The molecule has 6 heteroatoms. The Morgan fingerprint density at radius 1 is 1.69 bits per heavy atom. The first-order valence-corrected chi connectivity index (χ1v) is 7.22. The van der Waals surface area contributed by atoms with Crippen LogP contribution in [0.4, 0.5) is 0 Å². The molecule has 78 valence electrons. The molecule has 0 saturated heterocycles. The van der Waals surface area contributed by atoms with Crippen molar-refractivity contribution in [1.82, 2.24) is 0 Å². The molecule has 0 aromatic rings. The highest BCUT2D eigenvalue weighted by atomic mass is 127. The first-order chi connectivity index (χ1) is 5.83. The van der Waals surface area contributed by atoms with E-state index in [9.17, 15) is 13.5 Å². The van der Waals surface area contributed by atoms with Crippen LogP contribution >= 0.6 is 34.2 Å². The molecule has 1 aliphatic carbocycles. The fraction of sp³-hybridized carbons (Fsp3) is 1.00. The van der Waals surface area contributed by atoms with Gasteiger partial charge in [-0.15, -0.1) is 0 Å². The zero-order chi connectivity index (χ0) is 10.3. The van der Waals surface area contributed by atoms with Gasteiger partial charge in [-0.2, -0.15) is 0 Å². The third-order valence-electron chi connectivity index (χ3n) is 2.21. The van der Waals surface area contributed by atoms with Crippen LogP contribution in [0, 0.1) is 5.92 Å². The Morgan fingerprint density at radius 3 is 2.46 bits per heavy atom. The van der Waals surface area contributed by atoms with Crippen molar-refractivity contribution in [3.63, 3.8) is 0 Å². The number of aliphatic hydroxyl groups is 1. The molecular formula is C7H12ClIO3S. The Hall–Kier alpha value is 0.930. The van der Waals surface area contributed by atoms with Crippen molar-refractivity contribution in [2.45, 2.75) is 28.1 Å². The molecule has 13 heavy (non-hydrogen) atoms. The average molecular weight is 339 g/mol. The van der Waals surface area contributed by atoms with E-state index in [-0.39, 0.29) is 11.7 Å². The molecule has 3 nitrogen and oxygen atoms in total. The number of halogens is 2. The zero-order valence-electron chi connectivity index (χ0n) is 7.20. The molecule has 0 bridgehead atoms. The van der Waals surface area contributed by atoms with Gasteiger partial charge in [0, 0.05) is 0 Å². The third-order valence-corrected chi connectivity index (χ3v) is 7.62. The van der Waals surface area contributed by atoms with Crippen molar-refractivity contribution in [3.05, 3.63) is 0 Å². The van der Waals surface area contributed by atoms with Crippen LogP contribution < -0.4 is 0 Å². The lowest BCUT2D eigenvalue weighted by Gasteiger charge is -2.25. The topological polar surface area (TPSA) is 54.4 Å². The highest BCUT2D eigenvalue weighted by Crippen LogP contribution is 2.46. The predicted molar refractivity (Wildman–Crippen MR) is 60.8 cm³/mol. The number of hydrogen-bond acceptors (Lipinski definition) is 3. The van der Waals surface area contributed by atoms with E-state index in [4.69, 9.17) is 11.6 Å². The van der Waals surface area contributed by atoms with E-state index < -0.39 is 18.2 Å². The zero-order valence-corrected chi connectivity index (χ0v) is 10.9. The Kier molecular flexibility index (Phi) is 3.53. The largest absolute Gasteiger partial charge is 0.389 e. The van der Waals surface area contributed by atoms with E-state index in [1.54, 1.807) is 22.6 Å². The second-order valence-corrected chi connectivity index (χ2v) is 9.59. The molecule has 0 radical (unpaired) electrons. The van der Waals surface area contributed by atoms with Gasteiger partial charge in [-0.3, -0.25) is 0 Å². The van der Waals surface area contributed by atoms with Gasteiger partial charge in [0.15, 0.2) is 9.84 Å². The van der Waals surface area contributed by atoms with Crippen LogP contribution in [0.1, 0.15) is 19.8 Å². The van der Waals surface area contributed by atoms with Crippen molar-refractivity contribution >= 4 is 44.0 Å². The summed E-state index contributed by atoms with van der Waals surface area (Å²) in [5.41, 5.74) is 0. The van der Waals surface area contributed by atoms with Crippen LogP contribution in [-0.4, -0.2) is 27.6 Å². The Labute approximate surface area is 96.9 Å². The predicted octanol–water partition coefficient (Wildman–Crippen LogP) is 1.52. The van der Waals surface area contributed by atoms with Gasteiger partial charge >= 0.3 is 0 Å². The van der Waals surface area contributed by atoms with Crippen molar-refractivity contribution in [1.29, 1.82) is 0 Å². The monoisotopic (exact) mass is 338 g/mol. The summed E-state index contributed by atoms with van der Waals surface area (Å²) < 4.78 is 21.4. The highest BCUT2D eigenvalue weighted by molar-refractivity contribution is 14.1. The summed E-state index contributed by atoms with van der Waals surface area (Å²) >= 11 is 7.49. The van der Waals surface area contributed by atoms with Crippen molar-refractivity contribution in [3.8, 4) is 0 Å². The summed E-state index contributed by atoms with van der Waals surface area (Å²) in [7, 11) is -3.40. The second kappa shape index (κ2) is 3.83. The average Bonchev–Trinajstić information content (AvgIpc) is 2.85. The van der Waals surface area contributed by atoms with E-state index in [0.29, 0.717) is 0 Å². The molecule has 1 rings (SSSR count). The number of sulfone groups is 1. The molecule has 0 amide bonds. The number of hydrogen-bond donors (Lipinski definition) is 1. The summed E-state index contributed by atoms with van der Waals surface area (Å²) in [6.45, 7) is 1.53. The maximum absolute atomic E-state index is 11.5. The van der Waals surface area contributed by atoms with Crippen LogP contribution in [0.5, 0.6) is 0 Å². The molecule has 2 atom stereocenters. The van der Waals surface area contributed by atoms with Gasteiger partial charge in [0.05, 0.1) is 11.9 Å². The first-order valence-electron chi connectivity index (χ1n) is 4.11. The van der Waals surface area contributed by atoms with Crippen molar-refractivity contribution < 1.29 is 13.5 Å². The molecule has 0 spiro atoms. The van der Waals surface area contributed by atoms with Crippen LogP contribution in [0.3, 0.4) is 0 Å². The Morgan fingerprint density at radius 2 is 2.15 bits per heavy atom. The normalized spacial score (nSPS) is 25.2. The minimum absolute atomic E-state index is 0.0385. The summed E-state index contributed by atoms with van der Waals surface area (Å²) in [4.78, 5) is 0. The smallest absolute Gasteiger partial charge is 0.221 e. The quantitative estimate of drug-likeness (QED) is 0.624. The van der Waals surface area contributed by atoms with E-state index in [2.05, 4.69) is 0 Å². The van der Waals surface area contributed by atoms with Crippen LogP contribution in [0.25, 0.3) is 0 Å². The van der Waals surface area contributed by atoms with Gasteiger partial charge in [-0.1, -0.05) is 18.5 Å². The fourth-order valence-electron chi connectivity index (χ4n) is 1.06. The van der Waals surface area contributed by atoms with Gasteiger partial charge in [0.25, 0.3) is 0 Å². The molecule has 1 N–H and O–H groups in total. The van der Waals surface area contributed by atoms with Crippen molar-refractivity contribution in [2.75, 3.05) is 5.75 Å². The van der Waals surface area contributed by atoms with E-state index in [1.165, 1.54) is 6.92 Å². The molecule has 0 aromatic heterocycles. The minimum atomic E-state index is -3.40. The highest BCUT2D eigenvalue weighted by Gasteiger charge is 2.50. The fourth-order valence-corrected chi connectivity index (χ4v) is 3.96. The standard InChI is InChI=1S/C7H12ClIO3S/c1-2-13(11,12)7(8,9)6(10)5-3-4-5/h5-6,10H,2-4H2,1H3. The lowest BCUT2D eigenvalue weighted by Crippen LogP contribution is -2.40. The summed E-state index contributed by atoms with van der Waals surface area (Å²) in [5, 5.41) is 9.66. The van der Waals surface area contributed by atoms with Gasteiger partial charge in [-0.25, -0.2) is 8.42 Å². The third kappa shape index (κ3) is 2.30. The maximum Gasteiger partial charge on any atom is 0.221 e. The lowest BCUT2D eigenvalue weighted by atomic mass is 10.3. The summed E-state index contributed by atoms with van der Waals surface area (Å²) in [6, 6.07) is 0. The SMILES string of the molecule is CCS(=O)(=O)C(Cl)(I)C(O)C1CC1. The van der Waals surface area contributed by atoms with E-state index in [0.717, 1.165) is 12.8 Å². The van der Waals surface area contributed by atoms with Crippen LogP contribution in [0.15, 0.2) is 0 Å². The molecule has 0 aromatic carbocycles. The Bertz CT molecular complexity index is 284. The molecule has 1 saturated carbocycles. The first kappa shape index (κ1) is 12.0. The second-order valence-electron chi connectivity index (χ2n) is 3.25. The van der Waals surface area contributed by atoms with Gasteiger partial charge < -0.3 is 5.11 Å². The van der Waals surface area contributed by atoms with E-state index in [1.807, 2.05) is 0 Å². The maximum atomic E-state index is 11.5. The summed E-state index contributed by atoms with van der Waals surface area (Å²) in [5.74, 6) is 0.0270. The number of aliphatic hydroxyl groups excluding tert-OH is 1. The minimum Gasteiger partial charge on any atom is -0.389 e. The lowest BCUT2D eigenvalue weighted by molar-refractivity contribution is 0.160. The van der Waals surface area contributed by atoms with Crippen LogP contribution in [0.2, 0.25) is 0 Å².